The zero-order valence-electron chi connectivity index (χ0n) is 10.5. The van der Waals surface area contributed by atoms with Crippen molar-refractivity contribution in [3.63, 3.8) is 0 Å². The lowest BCUT2D eigenvalue weighted by atomic mass is 10.2. The molecular formula is C13H17N3OS. The van der Waals surface area contributed by atoms with Crippen LogP contribution in [0.3, 0.4) is 0 Å². The van der Waals surface area contributed by atoms with Gasteiger partial charge in [-0.3, -0.25) is 0 Å². The van der Waals surface area contributed by atoms with Crippen LogP contribution in [0.2, 0.25) is 0 Å². The van der Waals surface area contributed by atoms with E-state index in [2.05, 4.69) is 9.55 Å². The van der Waals surface area contributed by atoms with Gasteiger partial charge in [0.05, 0.1) is 11.9 Å². The molecule has 5 heteroatoms. The van der Waals surface area contributed by atoms with E-state index in [1.807, 2.05) is 30.1 Å². The maximum absolute atomic E-state index is 5.20. The largest absolute Gasteiger partial charge is 0.383 e. The van der Waals surface area contributed by atoms with Crippen molar-refractivity contribution in [2.45, 2.75) is 24.6 Å². The molecular weight excluding hydrogens is 246 g/mol. The monoisotopic (exact) mass is 263 g/mol. The highest BCUT2D eigenvalue weighted by Crippen LogP contribution is 2.40. The zero-order valence-corrected chi connectivity index (χ0v) is 11.3. The average Bonchev–Trinajstić information content (AvgIpc) is 3.03. The number of imidazole rings is 1. The second-order valence-corrected chi connectivity index (χ2v) is 5.77. The number of aromatic nitrogens is 3. The molecule has 0 bridgehead atoms. The van der Waals surface area contributed by atoms with E-state index in [9.17, 15) is 0 Å². The number of rotatable bonds is 4. The van der Waals surface area contributed by atoms with Crippen LogP contribution in [0.1, 0.15) is 23.9 Å². The van der Waals surface area contributed by atoms with Crippen molar-refractivity contribution in [3.8, 4) is 0 Å². The highest BCUT2D eigenvalue weighted by molar-refractivity contribution is 7.99. The molecule has 0 spiro atoms. The summed E-state index contributed by atoms with van der Waals surface area (Å²) in [5.74, 6) is 2.41. The van der Waals surface area contributed by atoms with Gasteiger partial charge in [0, 0.05) is 19.9 Å². The molecule has 1 aliphatic rings. The minimum absolute atomic E-state index is 0.524. The summed E-state index contributed by atoms with van der Waals surface area (Å²) in [6, 6.07) is 3.98. The van der Waals surface area contributed by atoms with Crippen molar-refractivity contribution in [1.82, 2.24) is 14.5 Å². The number of nitrogens with zero attached hydrogens (tertiary/aromatic N) is 3. The van der Waals surface area contributed by atoms with Gasteiger partial charge < -0.3 is 9.30 Å². The number of pyridine rings is 1. The number of hydrogen-bond donors (Lipinski definition) is 0. The fourth-order valence-corrected chi connectivity index (χ4v) is 3.69. The van der Waals surface area contributed by atoms with E-state index in [1.54, 1.807) is 7.11 Å². The molecule has 2 aromatic heterocycles. The molecule has 1 saturated heterocycles. The predicted octanol–water partition coefficient (Wildman–Crippen LogP) is 2.65. The number of fused-ring (bicyclic) bond motifs is 1. The van der Waals surface area contributed by atoms with E-state index in [0.717, 1.165) is 17.7 Å². The second kappa shape index (κ2) is 5.28. The van der Waals surface area contributed by atoms with Crippen molar-refractivity contribution in [1.29, 1.82) is 0 Å². The van der Waals surface area contributed by atoms with Crippen LogP contribution in [0.15, 0.2) is 18.3 Å². The standard InChI is InChI=1S/C13H17N3OS/c1-17-8-7-16-12-10(4-2-6-14-12)15-13(16)11-5-3-9-18-11/h2,4,6,11H,3,5,7-9H2,1H3. The molecule has 18 heavy (non-hydrogen) atoms. The summed E-state index contributed by atoms with van der Waals surface area (Å²) in [4.78, 5) is 9.23. The van der Waals surface area contributed by atoms with Crippen molar-refractivity contribution < 1.29 is 4.74 Å². The Morgan fingerprint density at radius 2 is 2.50 bits per heavy atom. The van der Waals surface area contributed by atoms with Crippen LogP contribution in [-0.2, 0) is 11.3 Å². The maximum Gasteiger partial charge on any atom is 0.160 e. The normalized spacial score (nSPS) is 19.7. The number of hydrogen-bond acceptors (Lipinski definition) is 4. The summed E-state index contributed by atoms with van der Waals surface area (Å²) in [5, 5.41) is 0.524. The topological polar surface area (TPSA) is 39.9 Å². The van der Waals surface area contributed by atoms with Crippen LogP contribution in [0, 0.1) is 0 Å². The van der Waals surface area contributed by atoms with Gasteiger partial charge in [0.2, 0.25) is 0 Å². The van der Waals surface area contributed by atoms with Crippen molar-refractivity contribution in [2.75, 3.05) is 19.5 Å². The van der Waals surface area contributed by atoms with E-state index in [4.69, 9.17) is 9.72 Å². The zero-order chi connectivity index (χ0) is 12.4. The first-order chi connectivity index (χ1) is 8.90. The van der Waals surface area contributed by atoms with Crippen LogP contribution in [0.5, 0.6) is 0 Å². The van der Waals surface area contributed by atoms with E-state index >= 15 is 0 Å². The Morgan fingerprint density at radius 1 is 1.56 bits per heavy atom. The van der Waals surface area contributed by atoms with Gasteiger partial charge in [-0.2, -0.15) is 11.8 Å². The molecule has 3 heterocycles. The first kappa shape index (κ1) is 12.0. The molecule has 3 rings (SSSR count). The van der Waals surface area contributed by atoms with Gasteiger partial charge in [-0.05, 0) is 30.7 Å². The van der Waals surface area contributed by atoms with Crippen molar-refractivity contribution >= 4 is 22.9 Å². The summed E-state index contributed by atoms with van der Waals surface area (Å²) in [6.45, 7) is 1.53. The first-order valence-electron chi connectivity index (χ1n) is 6.32. The highest BCUT2D eigenvalue weighted by Gasteiger charge is 2.24. The van der Waals surface area contributed by atoms with Gasteiger partial charge in [-0.15, -0.1) is 0 Å². The summed E-state index contributed by atoms with van der Waals surface area (Å²) in [7, 11) is 1.73. The lowest BCUT2D eigenvalue weighted by Gasteiger charge is -2.12. The Hall–Kier alpha value is -1.07. The third-order valence-corrected chi connectivity index (χ3v) is 4.64. The van der Waals surface area contributed by atoms with E-state index in [1.165, 1.54) is 24.4 Å². The molecule has 0 amide bonds. The third-order valence-electron chi connectivity index (χ3n) is 3.27. The Balaban J connectivity index is 2.04. The molecule has 4 nitrogen and oxygen atoms in total. The second-order valence-electron chi connectivity index (χ2n) is 4.46. The molecule has 0 aromatic carbocycles. The summed E-state index contributed by atoms with van der Waals surface area (Å²) in [5.41, 5.74) is 1.98. The summed E-state index contributed by atoms with van der Waals surface area (Å²) >= 11 is 2.01. The molecule has 0 aliphatic carbocycles. The fraction of sp³-hybridized carbons (Fsp3) is 0.538. The van der Waals surface area contributed by atoms with Crippen LogP contribution < -0.4 is 0 Å². The summed E-state index contributed by atoms with van der Waals surface area (Å²) in [6.07, 6.45) is 4.34. The lowest BCUT2D eigenvalue weighted by Crippen LogP contribution is -2.10. The lowest BCUT2D eigenvalue weighted by molar-refractivity contribution is 0.187. The minimum atomic E-state index is 0.524. The van der Waals surface area contributed by atoms with Gasteiger partial charge in [0.25, 0.3) is 0 Å². The van der Waals surface area contributed by atoms with E-state index in [-0.39, 0.29) is 0 Å². The SMILES string of the molecule is COCCn1c(C2CCCS2)nc2cccnc21. The first-order valence-corrected chi connectivity index (χ1v) is 7.36. The van der Waals surface area contributed by atoms with Gasteiger partial charge in [0.15, 0.2) is 5.65 Å². The fourth-order valence-electron chi connectivity index (χ4n) is 2.41. The Bertz CT molecular complexity index is 534. The highest BCUT2D eigenvalue weighted by atomic mass is 32.2. The minimum Gasteiger partial charge on any atom is -0.383 e. The van der Waals surface area contributed by atoms with Crippen molar-refractivity contribution in [2.24, 2.45) is 0 Å². The molecule has 0 saturated carbocycles. The van der Waals surface area contributed by atoms with Gasteiger partial charge in [-0.1, -0.05) is 0 Å². The maximum atomic E-state index is 5.20. The molecule has 96 valence electrons. The molecule has 1 atom stereocenters. The quantitative estimate of drug-likeness (QED) is 0.850. The predicted molar refractivity (Wildman–Crippen MR) is 73.8 cm³/mol. The smallest absolute Gasteiger partial charge is 0.160 e. The Labute approximate surface area is 111 Å². The molecule has 1 unspecified atom stereocenters. The van der Waals surface area contributed by atoms with Crippen LogP contribution >= 0.6 is 11.8 Å². The van der Waals surface area contributed by atoms with Crippen LogP contribution in [0.25, 0.3) is 11.2 Å². The number of thioether (sulfide) groups is 1. The molecule has 0 N–H and O–H groups in total. The Morgan fingerprint density at radius 3 is 3.28 bits per heavy atom. The average molecular weight is 263 g/mol. The number of ether oxygens (including phenoxy) is 1. The van der Waals surface area contributed by atoms with E-state index in [0.29, 0.717) is 11.9 Å². The number of methoxy groups -OCH3 is 1. The molecule has 0 radical (unpaired) electrons. The third kappa shape index (κ3) is 2.12. The Kier molecular flexibility index (Phi) is 3.52. The van der Waals surface area contributed by atoms with Gasteiger partial charge >= 0.3 is 0 Å². The molecule has 1 aliphatic heterocycles. The molecule has 1 fully saturated rings. The van der Waals surface area contributed by atoms with Crippen molar-refractivity contribution in [3.05, 3.63) is 24.2 Å². The van der Waals surface area contributed by atoms with E-state index < -0.39 is 0 Å². The van der Waals surface area contributed by atoms with Crippen LogP contribution in [-0.4, -0.2) is 34.0 Å². The van der Waals surface area contributed by atoms with Gasteiger partial charge in [0.1, 0.15) is 11.3 Å². The molecule has 2 aromatic rings. The van der Waals surface area contributed by atoms with Crippen LogP contribution in [0.4, 0.5) is 0 Å². The summed E-state index contributed by atoms with van der Waals surface area (Å²) < 4.78 is 7.42. The van der Waals surface area contributed by atoms with Gasteiger partial charge in [-0.25, -0.2) is 9.97 Å².